The first kappa shape index (κ1) is 18.1. The second kappa shape index (κ2) is 7.33. The highest BCUT2D eigenvalue weighted by atomic mass is 19.1. The Hall–Kier alpha value is -1.98. The molecule has 122 valence electrons. The minimum absolute atomic E-state index is 0.0346. The van der Waals surface area contributed by atoms with Gasteiger partial charge in [0.2, 0.25) is 0 Å². The van der Waals surface area contributed by atoms with E-state index in [0.29, 0.717) is 6.07 Å². The number of amides is 1. The first-order valence-electron chi connectivity index (χ1n) is 7.04. The molecule has 22 heavy (non-hydrogen) atoms. The van der Waals surface area contributed by atoms with E-state index in [9.17, 15) is 18.4 Å². The topological polar surface area (TPSA) is 55.4 Å². The second-order valence-electron chi connectivity index (χ2n) is 6.22. The SMILES string of the molecule is CC(C)CC(=O)OCC(C)(C)NC(=O)c1ccc(F)cc1F. The molecule has 0 saturated carbocycles. The number of ether oxygens (including phenoxy) is 1. The lowest BCUT2D eigenvalue weighted by Crippen LogP contribution is -2.47. The van der Waals surface area contributed by atoms with Gasteiger partial charge in [-0.3, -0.25) is 9.59 Å². The van der Waals surface area contributed by atoms with Crippen LogP contribution in [0.2, 0.25) is 0 Å². The van der Waals surface area contributed by atoms with Crippen molar-refractivity contribution in [2.24, 2.45) is 5.92 Å². The third-order valence-electron chi connectivity index (χ3n) is 2.80. The molecule has 0 radical (unpaired) electrons. The Labute approximate surface area is 128 Å². The molecular weight excluding hydrogens is 292 g/mol. The highest BCUT2D eigenvalue weighted by Crippen LogP contribution is 2.12. The summed E-state index contributed by atoms with van der Waals surface area (Å²) in [5, 5.41) is 2.56. The standard InChI is InChI=1S/C16H21F2NO3/c1-10(2)7-14(20)22-9-16(3,4)19-15(21)12-6-5-11(17)8-13(12)18/h5-6,8,10H,7,9H2,1-4H3,(H,19,21). The number of carbonyl (C=O) groups excluding carboxylic acids is 2. The molecule has 0 spiro atoms. The van der Waals surface area contributed by atoms with Crippen molar-refractivity contribution in [2.75, 3.05) is 6.61 Å². The molecule has 0 atom stereocenters. The zero-order valence-electron chi connectivity index (χ0n) is 13.2. The lowest BCUT2D eigenvalue weighted by Gasteiger charge is -2.26. The zero-order valence-corrected chi connectivity index (χ0v) is 13.2. The number of rotatable bonds is 6. The summed E-state index contributed by atoms with van der Waals surface area (Å²) in [6.45, 7) is 7.05. The van der Waals surface area contributed by atoms with Gasteiger partial charge in [0, 0.05) is 12.5 Å². The molecule has 6 heteroatoms. The Bertz CT molecular complexity index is 556. The van der Waals surface area contributed by atoms with Crippen molar-refractivity contribution >= 4 is 11.9 Å². The van der Waals surface area contributed by atoms with Gasteiger partial charge in [-0.1, -0.05) is 13.8 Å². The van der Waals surface area contributed by atoms with Crippen molar-refractivity contribution in [3.05, 3.63) is 35.4 Å². The van der Waals surface area contributed by atoms with E-state index in [0.717, 1.165) is 12.1 Å². The van der Waals surface area contributed by atoms with E-state index in [1.807, 2.05) is 13.8 Å². The molecule has 0 aromatic heterocycles. The molecule has 0 bridgehead atoms. The number of hydrogen-bond acceptors (Lipinski definition) is 3. The molecule has 0 unspecified atom stereocenters. The summed E-state index contributed by atoms with van der Waals surface area (Å²) >= 11 is 0. The fraction of sp³-hybridized carbons (Fsp3) is 0.500. The van der Waals surface area contributed by atoms with E-state index < -0.39 is 23.1 Å². The normalized spacial score (nSPS) is 11.4. The Morgan fingerprint density at radius 2 is 1.91 bits per heavy atom. The molecule has 0 fully saturated rings. The van der Waals surface area contributed by atoms with Crippen LogP contribution in [-0.4, -0.2) is 24.0 Å². The average Bonchev–Trinajstić information content (AvgIpc) is 2.35. The minimum Gasteiger partial charge on any atom is -0.463 e. The van der Waals surface area contributed by atoms with E-state index >= 15 is 0 Å². The fourth-order valence-corrected chi connectivity index (χ4v) is 1.74. The summed E-state index contributed by atoms with van der Waals surface area (Å²) in [5.41, 5.74) is -1.13. The van der Waals surface area contributed by atoms with E-state index in [1.54, 1.807) is 13.8 Å². The van der Waals surface area contributed by atoms with Crippen molar-refractivity contribution in [2.45, 2.75) is 39.7 Å². The highest BCUT2D eigenvalue weighted by molar-refractivity contribution is 5.94. The second-order valence-corrected chi connectivity index (χ2v) is 6.22. The number of nitrogens with one attached hydrogen (secondary N) is 1. The van der Waals surface area contributed by atoms with Gasteiger partial charge in [-0.25, -0.2) is 8.78 Å². The molecular formula is C16H21F2NO3. The molecule has 0 aliphatic carbocycles. The quantitative estimate of drug-likeness (QED) is 0.821. The van der Waals surface area contributed by atoms with Gasteiger partial charge in [0.25, 0.3) is 5.91 Å². The maximum atomic E-state index is 13.5. The van der Waals surface area contributed by atoms with Crippen LogP contribution < -0.4 is 5.32 Å². The molecule has 1 N–H and O–H groups in total. The molecule has 1 aromatic rings. The maximum absolute atomic E-state index is 13.5. The molecule has 0 aliphatic rings. The minimum atomic E-state index is -0.940. The van der Waals surface area contributed by atoms with Gasteiger partial charge < -0.3 is 10.1 Å². The van der Waals surface area contributed by atoms with Gasteiger partial charge in [0.05, 0.1) is 11.1 Å². The first-order chi connectivity index (χ1) is 10.1. The third-order valence-corrected chi connectivity index (χ3v) is 2.80. The largest absolute Gasteiger partial charge is 0.463 e. The van der Waals surface area contributed by atoms with Crippen LogP contribution in [0.25, 0.3) is 0 Å². The predicted molar refractivity (Wildman–Crippen MR) is 78.3 cm³/mol. The fourth-order valence-electron chi connectivity index (χ4n) is 1.74. The van der Waals surface area contributed by atoms with Crippen LogP contribution in [0, 0.1) is 17.6 Å². The van der Waals surface area contributed by atoms with Crippen LogP contribution in [0.3, 0.4) is 0 Å². The smallest absolute Gasteiger partial charge is 0.306 e. The number of hydrogen-bond donors (Lipinski definition) is 1. The van der Waals surface area contributed by atoms with Gasteiger partial charge in [0.1, 0.15) is 18.2 Å². The number of halogens is 2. The Morgan fingerprint density at radius 3 is 2.45 bits per heavy atom. The van der Waals surface area contributed by atoms with Gasteiger partial charge in [-0.2, -0.15) is 0 Å². The lowest BCUT2D eigenvalue weighted by atomic mass is 10.1. The summed E-state index contributed by atoms with van der Waals surface area (Å²) in [5.74, 6) is -2.56. The highest BCUT2D eigenvalue weighted by Gasteiger charge is 2.25. The Kier molecular flexibility index (Phi) is 6.02. The molecule has 1 rings (SSSR count). The number of esters is 1. The number of carbonyl (C=O) groups is 2. The van der Waals surface area contributed by atoms with Gasteiger partial charge in [-0.05, 0) is 31.9 Å². The summed E-state index contributed by atoms with van der Waals surface area (Å²) in [4.78, 5) is 23.5. The van der Waals surface area contributed by atoms with Crippen LogP contribution in [0.4, 0.5) is 8.78 Å². The molecule has 1 aromatic carbocycles. The van der Waals surface area contributed by atoms with E-state index in [1.165, 1.54) is 0 Å². The van der Waals surface area contributed by atoms with Crippen LogP contribution in [0.15, 0.2) is 18.2 Å². The van der Waals surface area contributed by atoms with Crippen LogP contribution in [-0.2, 0) is 9.53 Å². The van der Waals surface area contributed by atoms with Gasteiger partial charge >= 0.3 is 5.97 Å². The van der Waals surface area contributed by atoms with E-state index in [-0.39, 0.29) is 30.5 Å². The van der Waals surface area contributed by atoms with Gasteiger partial charge in [-0.15, -0.1) is 0 Å². The van der Waals surface area contributed by atoms with Crippen molar-refractivity contribution in [1.82, 2.24) is 5.32 Å². The molecule has 4 nitrogen and oxygen atoms in total. The maximum Gasteiger partial charge on any atom is 0.306 e. The molecule has 0 aliphatic heterocycles. The Morgan fingerprint density at radius 1 is 1.27 bits per heavy atom. The van der Waals surface area contributed by atoms with Crippen LogP contribution in [0.5, 0.6) is 0 Å². The average molecular weight is 313 g/mol. The summed E-state index contributed by atoms with van der Waals surface area (Å²) in [7, 11) is 0. The molecule has 0 heterocycles. The van der Waals surface area contributed by atoms with Crippen molar-refractivity contribution in [3.8, 4) is 0 Å². The summed E-state index contributed by atoms with van der Waals surface area (Å²) in [6.07, 6.45) is 0.288. The van der Waals surface area contributed by atoms with E-state index in [4.69, 9.17) is 4.74 Å². The zero-order chi connectivity index (χ0) is 16.9. The van der Waals surface area contributed by atoms with Crippen molar-refractivity contribution in [1.29, 1.82) is 0 Å². The molecule has 1 amide bonds. The number of benzene rings is 1. The van der Waals surface area contributed by atoms with Crippen molar-refractivity contribution < 1.29 is 23.1 Å². The van der Waals surface area contributed by atoms with Gasteiger partial charge in [0.15, 0.2) is 0 Å². The Balaban J connectivity index is 2.63. The summed E-state index contributed by atoms with van der Waals surface area (Å²) < 4.78 is 31.5. The third kappa shape index (κ3) is 5.79. The van der Waals surface area contributed by atoms with Crippen LogP contribution in [0.1, 0.15) is 44.5 Å². The monoisotopic (exact) mass is 313 g/mol. The van der Waals surface area contributed by atoms with Crippen LogP contribution >= 0.6 is 0 Å². The molecule has 0 saturated heterocycles. The first-order valence-corrected chi connectivity index (χ1v) is 7.04. The predicted octanol–water partition coefficient (Wildman–Crippen LogP) is 3.06. The van der Waals surface area contributed by atoms with Crippen molar-refractivity contribution in [3.63, 3.8) is 0 Å². The summed E-state index contributed by atoms with van der Waals surface area (Å²) in [6, 6.07) is 2.72. The lowest BCUT2D eigenvalue weighted by molar-refractivity contribution is -0.146. The van der Waals surface area contributed by atoms with E-state index in [2.05, 4.69) is 5.32 Å².